The lowest BCUT2D eigenvalue weighted by atomic mass is 9.86. The molecule has 0 saturated carbocycles. The molecule has 190 valence electrons. The van der Waals surface area contributed by atoms with Gasteiger partial charge in [-0.15, -0.1) is 0 Å². The van der Waals surface area contributed by atoms with E-state index >= 15 is 0 Å². The van der Waals surface area contributed by atoms with Crippen molar-refractivity contribution in [1.82, 2.24) is 4.90 Å². The van der Waals surface area contributed by atoms with Crippen molar-refractivity contribution in [2.24, 2.45) is 0 Å². The number of benzene rings is 4. The monoisotopic (exact) mass is 513 g/mol. The Hall–Kier alpha value is -3.21. The molecule has 1 unspecified atom stereocenters. The zero-order valence-corrected chi connectivity index (χ0v) is 22.2. The summed E-state index contributed by atoms with van der Waals surface area (Å²) in [7, 11) is 3.37. The van der Waals surface area contributed by atoms with Gasteiger partial charge < -0.3 is 14.2 Å². The highest BCUT2D eigenvalue weighted by atomic mass is 35.5. The van der Waals surface area contributed by atoms with E-state index in [0.29, 0.717) is 10.8 Å². The molecule has 1 saturated heterocycles. The molecular formula is C32H32ClNO3. The van der Waals surface area contributed by atoms with Crippen LogP contribution in [0.25, 0.3) is 21.9 Å². The van der Waals surface area contributed by atoms with Crippen molar-refractivity contribution in [3.05, 3.63) is 88.4 Å². The van der Waals surface area contributed by atoms with Crippen molar-refractivity contribution in [3.8, 4) is 28.4 Å². The van der Waals surface area contributed by atoms with Crippen LogP contribution in [0.4, 0.5) is 0 Å². The summed E-state index contributed by atoms with van der Waals surface area (Å²) < 4.78 is 17.2. The van der Waals surface area contributed by atoms with E-state index in [0.717, 1.165) is 30.0 Å². The van der Waals surface area contributed by atoms with Crippen LogP contribution in [0.3, 0.4) is 0 Å². The highest BCUT2D eigenvalue weighted by Gasteiger charge is 2.33. The first-order chi connectivity index (χ1) is 18.2. The van der Waals surface area contributed by atoms with Gasteiger partial charge in [-0.3, -0.25) is 4.90 Å². The standard InChI is InChI=1S/C32H32ClNO3/c1-35-24-11-13-25-22(18-24)8-12-26-27-20-30(36-2)29(33)19-28(27)31(32(25)26)21-6-9-23(10-7-21)37-17-16-34-14-4-3-5-15-34/h6-13,18-20,31H,3-5,14-17H2,1-2H3. The van der Waals surface area contributed by atoms with Crippen LogP contribution in [0.15, 0.2) is 66.7 Å². The van der Waals surface area contributed by atoms with Crippen LogP contribution in [0.1, 0.15) is 41.9 Å². The largest absolute Gasteiger partial charge is 0.497 e. The lowest BCUT2D eigenvalue weighted by Crippen LogP contribution is -2.33. The summed E-state index contributed by atoms with van der Waals surface area (Å²) in [5.74, 6) is 2.53. The summed E-state index contributed by atoms with van der Waals surface area (Å²) >= 11 is 6.64. The molecule has 4 aromatic carbocycles. The van der Waals surface area contributed by atoms with Crippen molar-refractivity contribution < 1.29 is 14.2 Å². The van der Waals surface area contributed by atoms with Gasteiger partial charge >= 0.3 is 0 Å². The Morgan fingerprint density at radius 1 is 0.811 bits per heavy atom. The SMILES string of the molecule is COc1ccc2c3c(ccc2c1)-c1cc(OC)c(Cl)cc1C3c1ccc(OCCN2CCCCC2)cc1. The van der Waals surface area contributed by atoms with E-state index < -0.39 is 0 Å². The molecule has 1 aliphatic carbocycles. The molecule has 4 nitrogen and oxygen atoms in total. The first kappa shape index (κ1) is 24.1. The molecule has 1 atom stereocenters. The zero-order chi connectivity index (χ0) is 25.4. The minimum absolute atomic E-state index is 0.0629. The van der Waals surface area contributed by atoms with Gasteiger partial charge in [-0.2, -0.15) is 0 Å². The Morgan fingerprint density at radius 2 is 1.59 bits per heavy atom. The van der Waals surface area contributed by atoms with Crippen molar-refractivity contribution >= 4 is 22.4 Å². The van der Waals surface area contributed by atoms with Gasteiger partial charge in [-0.25, -0.2) is 0 Å². The molecule has 0 bridgehead atoms. The van der Waals surface area contributed by atoms with Crippen LogP contribution in [0, 0.1) is 0 Å². The predicted molar refractivity (Wildman–Crippen MR) is 151 cm³/mol. The molecule has 1 fully saturated rings. The third kappa shape index (κ3) is 4.54. The van der Waals surface area contributed by atoms with Crippen LogP contribution in [-0.4, -0.2) is 45.4 Å². The van der Waals surface area contributed by atoms with Crippen LogP contribution in [0.2, 0.25) is 5.02 Å². The van der Waals surface area contributed by atoms with Gasteiger partial charge in [0.15, 0.2) is 0 Å². The van der Waals surface area contributed by atoms with E-state index in [-0.39, 0.29) is 5.92 Å². The van der Waals surface area contributed by atoms with Gasteiger partial charge in [0.05, 0.1) is 19.2 Å². The predicted octanol–water partition coefficient (Wildman–Crippen LogP) is 7.54. The first-order valence-electron chi connectivity index (χ1n) is 13.1. The van der Waals surface area contributed by atoms with E-state index in [1.165, 1.54) is 65.6 Å². The van der Waals surface area contributed by atoms with Crippen molar-refractivity contribution in [2.45, 2.75) is 25.2 Å². The Kier molecular flexibility index (Phi) is 6.71. The molecule has 37 heavy (non-hydrogen) atoms. The van der Waals surface area contributed by atoms with E-state index in [9.17, 15) is 0 Å². The van der Waals surface area contributed by atoms with Crippen molar-refractivity contribution in [1.29, 1.82) is 0 Å². The molecule has 0 aromatic heterocycles. The molecule has 6 rings (SSSR count). The molecule has 4 aromatic rings. The molecule has 5 heteroatoms. The maximum absolute atomic E-state index is 6.64. The second-order valence-corrected chi connectivity index (χ2v) is 10.3. The molecule has 0 N–H and O–H groups in total. The number of rotatable bonds is 7. The molecule has 0 spiro atoms. The van der Waals surface area contributed by atoms with Crippen LogP contribution in [-0.2, 0) is 0 Å². The molecule has 1 aliphatic heterocycles. The number of fused-ring (bicyclic) bond motifs is 5. The lowest BCUT2D eigenvalue weighted by molar-refractivity contribution is 0.183. The smallest absolute Gasteiger partial charge is 0.138 e. The summed E-state index contributed by atoms with van der Waals surface area (Å²) in [6.45, 7) is 4.09. The van der Waals surface area contributed by atoms with Crippen LogP contribution < -0.4 is 14.2 Å². The molecule has 2 aliphatic rings. The van der Waals surface area contributed by atoms with E-state index in [4.69, 9.17) is 25.8 Å². The average molecular weight is 514 g/mol. The summed E-state index contributed by atoms with van der Waals surface area (Å²) in [6, 6.07) is 23.4. The van der Waals surface area contributed by atoms with Gasteiger partial charge in [0.1, 0.15) is 23.9 Å². The number of ether oxygens (including phenoxy) is 3. The fraction of sp³-hybridized carbons (Fsp3) is 0.312. The Balaban J connectivity index is 1.36. The van der Waals surface area contributed by atoms with Crippen molar-refractivity contribution in [3.63, 3.8) is 0 Å². The number of hydrogen-bond acceptors (Lipinski definition) is 4. The number of methoxy groups -OCH3 is 2. The minimum atomic E-state index is 0.0629. The summed E-state index contributed by atoms with van der Waals surface area (Å²) in [6.07, 6.45) is 3.96. The zero-order valence-electron chi connectivity index (χ0n) is 21.4. The summed E-state index contributed by atoms with van der Waals surface area (Å²) in [4.78, 5) is 2.50. The lowest BCUT2D eigenvalue weighted by Gasteiger charge is -2.26. The molecule has 0 radical (unpaired) electrons. The Bertz CT molecular complexity index is 1430. The number of hydrogen-bond donors (Lipinski definition) is 0. The summed E-state index contributed by atoms with van der Waals surface area (Å²) in [5, 5.41) is 3.01. The number of nitrogens with zero attached hydrogens (tertiary/aromatic N) is 1. The van der Waals surface area contributed by atoms with Crippen LogP contribution >= 0.6 is 11.6 Å². The van der Waals surface area contributed by atoms with Gasteiger partial charge in [-0.1, -0.05) is 48.4 Å². The van der Waals surface area contributed by atoms with Gasteiger partial charge in [0.2, 0.25) is 0 Å². The average Bonchev–Trinajstić information content (AvgIpc) is 3.26. The van der Waals surface area contributed by atoms with Crippen LogP contribution in [0.5, 0.6) is 17.2 Å². The second kappa shape index (κ2) is 10.3. The fourth-order valence-corrected chi connectivity index (χ4v) is 6.19. The molecular weight excluding hydrogens is 482 g/mol. The Labute approximate surface area is 223 Å². The number of halogens is 1. The van der Waals surface area contributed by atoms with E-state index in [2.05, 4.69) is 65.6 Å². The molecule has 1 heterocycles. The minimum Gasteiger partial charge on any atom is -0.497 e. The third-order valence-electron chi connectivity index (χ3n) is 7.82. The highest BCUT2D eigenvalue weighted by Crippen LogP contribution is 2.53. The fourth-order valence-electron chi connectivity index (χ4n) is 5.94. The van der Waals surface area contributed by atoms with Crippen molar-refractivity contribution in [2.75, 3.05) is 40.5 Å². The molecule has 0 amide bonds. The topological polar surface area (TPSA) is 30.9 Å². The maximum atomic E-state index is 6.64. The van der Waals surface area contributed by atoms with E-state index in [1.807, 2.05) is 6.07 Å². The van der Waals surface area contributed by atoms with Gasteiger partial charge in [-0.05, 0) is 101 Å². The number of likely N-dealkylation sites (tertiary alicyclic amines) is 1. The Morgan fingerprint density at radius 3 is 2.35 bits per heavy atom. The number of piperidine rings is 1. The van der Waals surface area contributed by atoms with Gasteiger partial charge in [0, 0.05) is 12.5 Å². The van der Waals surface area contributed by atoms with Gasteiger partial charge in [0.25, 0.3) is 0 Å². The van der Waals surface area contributed by atoms with E-state index in [1.54, 1.807) is 14.2 Å². The third-order valence-corrected chi connectivity index (χ3v) is 8.12. The normalized spacial score (nSPS) is 16.9. The highest BCUT2D eigenvalue weighted by molar-refractivity contribution is 6.32. The summed E-state index contributed by atoms with van der Waals surface area (Å²) in [5.41, 5.74) is 6.09. The first-order valence-corrected chi connectivity index (χ1v) is 13.5. The quantitative estimate of drug-likeness (QED) is 0.225. The maximum Gasteiger partial charge on any atom is 0.138 e. The second-order valence-electron chi connectivity index (χ2n) is 9.94.